The summed E-state index contributed by atoms with van der Waals surface area (Å²) in [6.45, 7) is 3.10. The summed E-state index contributed by atoms with van der Waals surface area (Å²) in [4.78, 5) is 54.6. The summed E-state index contributed by atoms with van der Waals surface area (Å²) < 4.78 is 64.8. The van der Waals surface area contributed by atoms with Crippen LogP contribution in [0.25, 0.3) is 21.4 Å². The number of thiophene rings is 1. The molecule has 0 unspecified atom stereocenters. The van der Waals surface area contributed by atoms with Gasteiger partial charge in [-0.05, 0) is 56.5 Å². The minimum absolute atomic E-state index is 0.00251. The SMILES string of the molecule is CCN(CCCS(=O)(=O)NCCCCCC(=O)ON1C(=O)CCC1=O)c1ccc2cc(-c3ccc(S(=O)(=O)O)s3)c(=O)oc2c1. The molecule has 17 heteroatoms. The second kappa shape index (κ2) is 14.6. The molecule has 0 bridgehead atoms. The molecule has 2 amide bonds. The maximum Gasteiger partial charge on any atom is 0.345 e. The molecular weight excluding hydrogens is 651 g/mol. The standard InChI is InChI=1S/C28H33N3O11S3/c1-2-30(15-6-16-44(36,37)29-14-5-3-4-7-26(34)42-31-24(32)11-12-25(31)33)20-9-8-19-17-21(28(35)41-22(19)18-20)23-10-13-27(43-23)45(38,39)40/h8-10,13,17-18,29H,2-7,11-12,14-16H2,1H3,(H,38,39,40). The molecule has 45 heavy (non-hydrogen) atoms. The molecule has 0 atom stereocenters. The number of nitrogens with zero attached hydrogens (tertiary/aromatic N) is 2. The zero-order valence-electron chi connectivity index (χ0n) is 24.4. The van der Waals surface area contributed by atoms with Gasteiger partial charge in [0.15, 0.2) is 0 Å². The predicted molar refractivity (Wildman–Crippen MR) is 166 cm³/mol. The number of hydrogen-bond donors (Lipinski definition) is 2. The van der Waals surface area contributed by atoms with Gasteiger partial charge < -0.3 is 14.2 Å². The van der Waals surface area contributed by atoms with E-state index in [0.29, 0.717) is 59.7 Å². The van der Waals surface area contributed by atoms with Gasteiger partial charge in [-0.3, -0.25) is 14.1 Å². The van der Waals surface area contributed by atoms with E-state index in [1.165, 1.54) is 12.1 Å². The van der Waals surface area contributed by atoms with E-state index in [0.717, 1.165) is 17.0 Å². The van der Waals surface area contributed by atoms with Crippen molar-refractivity contribution >= 4 is 65.9 Å². The van der Waals surface area contributed by atoms with Crippen LogP contribution in [0.2, 0.25) is 0 Å². The van der Waals surface area contributed by atoms with Gasteiger partial charge in [-0.15, -0.1) is 16.4 Å². The molecule has 244 valence electrons. The summed E-state index contributed by atoms with van der Waals surface area (Å²) >= 11 is 0.755. The van der Waals surface area contributed by atoms with Crippen LogP contribution < -0.4 is 15.2 Å². The highest BCUT2D eigenvalue weighted by molar-refractivity contribution is 7.89. The van der Waals surface area contributed by atoms with E-state index in [2.05, 4.69) is 4.72 Å². The zero-order chi connectivity index (χ0) is 32.8. The fraction of sp³-hybridized carbons (Fsp3) is 0.429. The third-order valence-corrected chi connectivity index (χ3v) is 10.9. The average Bonchev–Trinajstić information content (AvgIpc) is 3.60. The number of anilines is 1. The highest BCUT2D eigenvalue weighted by Gasteiger charge is 2.32. The van der Waals surface area contributed by atoms with Gasteiger partial charge in [-0.2, -0.15) is 8.42 Å². The Labute approximate surface area is 263 Å². The van der Waals surface area contributed by atoms with E-state index in [1.54, 1.807) is 18.2 Å². The van der Waals surface area contributed by atoms with Crippen LogP contribution >= 0.6 is 11.3 Å². The lowest BCUT2D eigenvalue weighted by Gasteiger charge is -2.23. The molecule has 0 spiro atoms. The first kappa shape index (κ1) is 34.2. The Hall–Kier alpha value is -3.64. The molecule has 1 aromatic carbocycles. The Balaban J connectivity index is 1.23. The molecule has 1 aliphatic rings. The number of carbonyl (C=O) groups excluding carboxylic acids is 3. The fourth-order valence-corrected chi connectivity index (χ4v) is 7.44. The number of rotatable bonds is 16. The molecular formula is C28H33N3O11S3. The molecule has 0 saturated carbocycles. The lowest BCUT2D eigenvalue weighted by Crippen LogP contribution is -2.32. The highest BCUT2D eigenvalue weighted by Crippen LogP contribution is 2.31. The summed E-state index contributed by atoms with van der Waals surface area (Å²) in [6.07, 6.45) is 1.84. The number of unbranched alkanes of at least 4 members (excludes halogenated alkanes) is 2. The first-order valence-electron chi connectivity index (χ1n) is 14.2. The summed E-state index contributed by atoms with van der Waals surface area (Å²) in [6, 6.07) is 9.48. The van der Waals surface area contributed by atoms with Crippen LogP contribution in [0.5, 0.6) is 0 Å². The van der Waals surface area contributed by atoms with Crippen molar-refractivity contribution in [3.8, 4) is 10.4 Å². The Kier molecular flexibility index (Phi) is 11.1. The summed E-state index contributed by atoms with van der Waals surface area (Å²) in [5, 5.41) is 1.11. The maximum absolute atomic E-state index is 12.7. The third-order valence-electron chi connectivity index (χ3n) is 6.99. The number of imide groups is 1. The Morgan fingerprint density at radius 3 is 2.42 bits per heavy atom. The molecule has 3 aromatic rings. The molecule has 0 radical (unpaired) electrons. The van der Waals surface area contributed by atoms with E-state index in [9.17, 15) is 40.6 Å². The van der Waals surface area contributed by atoms with Gasteiger partial charge in [0.1, 0.15) is 9.79 Å². The zero-order valence-corrected chi connectivity index (χ0v) is 26.8. The van der Waals surface area contributed by atoms with Crippen LogP contribution in [0.15, 0.2) is 49.8 Å². The van der Waals surface area contributed by atoms with Crippen molar-refractivity contribution < 1.29 is 45.0 Å². The van der Waals surface area contributed by atoms with Crippen LogP contribution in [-0.2, 0) is 39.4 Å². The number of nitrogens with one attached hydrogen (secondary N) is 1. The highest BCUT2D eigenvalue weighted by atomic mass is 32.3. The van der Waals surface area contributed by atoms with Crippen LogP contribution in [-0.4, -0.2) is 69.6 Å². The molecule has 1 fully saturated rings. The lowest BCUT2D eigenvalue weighted by molar-refractivity contribution is -0.197. The minimum Gasteiger partial charge on any atom is -0.422 e. The topological polar surface area (TPSA) is 198 Å². The van der Waals surface area contributed by atoms with Crippen molar-refractivity contribution in [2.45, 2.75) is 56.1 Å². The number of carbonyl (C=O) groups is 3. The van der Waals surface area contributed by atoms with Crippen LogP contribution in [0.4, 0.5) is 5.69 Å². The lowest BCUT2D eigenvalue weighted by atomic mass is 10.1. The van der Waals surface area contributed by atoms with E-state index in [1.807, 2.05) is 17.9 Å². The van der Waals surface area contributed by atoms with Crippen molar-refractivity contribution in [3.05, 3.63) is 46.8 Å². The van der Waals surface area contributed by atoms with Gasteiger partial charge in [0.2, 0.25) is 10.0 Å². The number of benzene rings is 1. The van der Waals surface area contributed by atoms with Gasteiger partial charge in [0.05, 0.1) is 11.3 Å². The Bertz CT molecular complexity index is 1830. The van der Waals surface area contributed by atoms with Gasteiger partial charge in [-0.25, -0.2) is 22.7 Å². The summed E-state index contributed by atoms with van der Waals surface area (Å²) in [7, 11) is -7.93. The second-order valence-corrected chi connectivity index (χ2v) is 14.9. The largest absolute Gasteiger partial charge is 0.422 e. The fourth-order valence-electron chi connectivity index (χ4n) is 4.66. The van der Waals surface area contributed by atoms with E-state index in [4.69, 9.17) is 9.25 Å². The first-order valence-corrected chi connectivity index (χ1v) is 18.1. The number of hydroxylamine groups is 2. The first-order chi connectivity index (χ1) is 21.3. The summed E-state index contributed by atoms with van der Waals surface area (Å²) in [5.74, 6) is -1.87. The Morgan fingerprint density at radius 2 is 1.76 bits per heavy atom. The van der Waals surface area contributed by atoms with Crippen molar-refractivity contribution in [3.63, 3.8) is 0 Å². The van der Waals surface area contributed by atoms with Crippen molar-refractivity contribution in [2.75, 3.05) is 30.3 Å². The number of hydrogen-bond acceptors (Lipinski definition) is 12. The second-order valence-electron chi connectivity index (χ2n) is 10.3. The Morgan fingerprint density at radius 1 is 1.02 bits per heavy atom. The quantitative estimate of drug-likeness (QED) is 0.0970. The van der Waals surface area contributed by atoms with Gasteiger partial charge in [0.25, 0.3) is 11.8 Å². The number of sulfonamides is 1. The molecule has 3 heterocycles. The van der Waals surface area contributed by atoms with Gasteiger partial charge in [-0.1, -0.05) is 6.42 Å². The average molecular weight is 684 g/mol. The van der Waals surface area contributed by atoms with Crippen molar-refractivity contribution in [1.29, 1.82) is 0 Å². The number of amides is 2. The molecule has 14 nitrogen and oxygen atoms in total. The van der Waals surface area contributed by atoms with Gasteiger partial charge in [0, 0.05) is 60.9 Å². The van der Waals surface area contributed by atoms with E-state index >= 15 is 0 Å². The molecule has 1 aliphatic heterocycles. The summed E-state index contributed by atoms with van der Waals surface area (Å²) in [5.41, 5.74) is 0.536. The monoisotopic (exact) mass is 683 g/mol. The minimum atomic E-state index is -4.39. The normalized spacial score (nSPS) is 14.0. The van der Waals surface area contributed by atoms with Crippen LogP contribution in [0, 0.1) is 0 Å². The third kappa shape index (κ3) is 9.20. The molecule has 0 aliphatic carbocycles. The van der Waals surface area contributed by atoms with Crippen molar-refractivity contribution in [2.24, 2.45) is 0 Å². The van der Waals surface area contributed by atoms with Gasteiger partial charge >= 0.3 is 21.7 Å². The predicted octanol–water partition coefficient (Wildman–Crippen LogP) is 3.07. The van der Waals surface area contributed by atoms with Crippen LogP contribution in [0.1, 0.15) is 51.9 Å². The van der Waals surface area contributed by atoms with Crippen LogP contribution in [0.3, 0.4) is 0 Å². The van der Waals surface area contributed by atoms with Crippen molar-refractivity contribution in [1.82, 2.24) is 9.79 Å². The molecule has 2 N–H and O–H groups in total. The maximum atomic E-state index is 12.7. The molecule has 2 aromatic heterocycles. The number of fused-ring (bicyclic) bond motifs is 1. The molecule has 1 saturated heterocycles. The van der Waals surface area contributed by atoms with E-state index < -0.39 is 43.6 Å². The smallest absolute Gasteiger partial charge is 0.345 e. The molecule has 4 rings (SSSR count). The van der Waals surface area contributed by atoms with E-state index in [-0.39, 0.29) is 41.3 Å².